The van der Waals surface area contributed by atoms with E-state index in [0.29, 0.717) is 23.3 Å². The Bertz CT molecular complexity index is 1160. The molecule has 1 heterocycles. The lowest BCUT2D eigenvalue weighted by atomic mass is 10.0. The number of carbonyl (C=O) groups excluding carboxylic acids is 1. The number of para-hydroxylation sites is 1. The van der Waals surface area contributed by atoms with Crippen molar-refractivity contribution >= 4 is 16.8 Å². The molecule has 1 aliphatic carbocycles. The fraction of sp³-hybridized carbons (Fsp3) is 0.444. The highest BCUT2D eigenvalue weighted by Crippen LogP contribution is 2.31. The molecule has 1 unspecified atom stereocenters. The summed E-state index contributed by atoms with van der Waals surface area (Å²) in [5.41, 5.74) is 2.45. The summed E-state index contributed by atoms with van der Waals surface area (Å²) < 4.78 is 1.71. The van der Waals surface area contributed by atoms with Crippen molar-refractivity contribution in [1.82, 2.24) is 14.5 Å². The maximum Gasteiger partial charge on any atom is 0.266 e. The molecule has 0 spiro atoms. The Hall–Kier alpha value is -2.95. The van der Waals surface area contributed by atoms with E-state index in [1.165, 1.54) is 0 Å². The number of fused-ring (bicyclic) bond motifs is 1. The number of aryl methyl sites for hydroxylation is 1. The van der Waals surface area contributed by atoms with Gasteiger partial charge in [-0.15, -0.1) is 0 Å². The van der Waals surface area contributed by atoms with E-state index in [9.17, 15) is 9.59 Å². The number of carbonyl (C=O) groups is 1. The van der Waals surface area contributed by atoms with Crippen molar-refractivity contribution in [2.45, 2.75) is 65.3 Å². The summed E-state index contributed by atoms with van der Waals surface area (Å²) in [5, 5.41) is 0.590. The van der Waals surface area contributed by atoms with Gasteiger partial charge in [0.15, 0.2) is 0 Å². The van der Waals surface area contributed by atoms with Gasteiger partial charge in [0.25, 0.3) is 5.56 Å². The lowest BCUT2D eigenvalue weighted by Gasteiger charge is -2.32. The Morgan fingerprint density at radius 2 is 1.91 bits per heavy atom. The minimum atomic E-state index is -0.299. The van der Waals surface area contributed by atoms with Gasteiger partial charge in [0, 0.05) is 12.5 Å². The number of nitrogens with zero attached hydrogens (tertiary/aromatic N) is 3. The van der Waals surface area contributed by atoms with Crippen LogP contribution in [0.25, 0.3) is 16.6 Å². The van der Waals surface area contributed by atoms with Gasteiger partial charge in [-0.25, -0.2) is 4.98 Å². The van der Waals surface area contributed by atoms with E-state index in [1.54, 1.807) is 4.57 Å². The van der Waals surface area contributed by atoms with Gasteiger partial charge < -0.3 is 4.90 Å². The van der Waals surface area contributed by atoms with Crippen LogP contribution in [0.15, 0.2) is 53.3 Å². The minimum absolute atomic E-state index is 0.0909. The van der Waals surface area contributed by atoms with Crippen molar-refractivity contribution in [2.24, 2.45) is 5.92 Å². The molecule has 2 aromatic carbocycles. The Morgan fingerprint density at radius 3 is 2.62 bits per heavy atom. The third kappa shape index (κ3) is 4.34. The summed E-state index contributed by atoms with van der Waals surface area (Å²) in [7, 11) is 0. The van der Waals surface area contributed by atoms with Crippen LogP contribution in [0.2, 0.25) is 0 Å². The van der Waals surface area contributed by atoms with Gasteiger partial charge in [-0.1, -0.05) is 50.5 Å². The monoisotopic (exact) mass is 431 g/mol. The third-order valence-corrected chi connectivity index (χ3v) is 6.64. The summed E-state index contributed by atoms with van der Waals surface area (Å²) in [5.74, 6) is 0.928. The summed E-state index contributed by atoms with van der Waals surface area (Å²) in [4.78, 5) is 34.1. The number of benzene rings is 2. The van der Waals surface area contributed by atoms with Crippen molar-refractivity contribution in [3.8, 4) is 5.69 Å². The predicted molar refractivity (Wildman–Crippen MR) is 129 cm³/mol. The number of amides is 1. The molecular formula is C27H33N3O2. The van der Waals surface area contributed by atoms with Gasteiger partial charge in [-0.3, -0.25) is 14.2 Å². The smallest absolute Gasteiger partial charge is 0.266 e. The zero-order valence-electron chi connectivity index (χ0n) is 19.4. The van der Waals surface area contributed by atoms with Gasteiger partial charge >= 0.3 is 0 Å². The molecule has 0 bridgehead atoms. The quantitative estimate of drug-likeness (QED) is 0.491. The molecule has 1 fully saturated rings. The molecule has 0 N–H and O–H groups in total. The molecule has 1 aromatic heterocycles. The SMILES string of the molecule is CCCCN(C(=O)C1CCCC1)C(C)c1nc2ccccc2c(=O)n1-c1cccc(C)c1. The maximum absolute atomic E-state index is 13.6. The molecule has 1 aliphatic rings. The number of unbranched alkanes of at least 4 members (excludes halogenated alkanes) is 1. The molecule has 0 radical (unpaired) electrons. The average Bonchev–Trinajstić information content (AvgIpc) is 3.34. The third-order valence-electron chi connectivity index (χ3n) is 6.64. The van der Waals surface area contributed by atoms with Crippen LogP contribution in [0, 0.1) is 12.8 Å². The van der Waals surface area contributed by atoms with E-state index in [2.05, 4.69) is 6.92 Å². The van der Waals surface area contributed by atoms with Crippen molar-refractivity contribution in [2.75, 3.05) is 6.54 Å². The molecule has 168 valence electrons. The summed E-state index contributed by atoms with van der Waals surface area (Å²) >= 11 is 0. The molecule has 32 heavy (non-hydrogen) atoms. The van der Waals surface area contributed by atoms with Crippen LogP contribution in [-0.4, -0.2) is 26.9 Å². The fourth-order valence-electron chi connectivity index (χ4n) is 4.82. The first-order chi connectivity index (χ1) is 15.5. The van der Waals surface area contributed by atoms with E-state index >= 15 is 0 Å². The van der Waals surface area contributed by atoms with Crippen LogP contribution in [0.4, 0.5) is 0 Å². The molecule has 5 heteroatoms. The first-order valence-electron chi connectivity index (χ1n) is 11.9. The molecule has 1 amide bonds. The second-order valence-corrected chi connectivity index (χ2v) is 9.01. The van der Waals surface area contributed by atoms with Gasteiger partial charge in [0.2, 0.25) is 5.91 Å². The first kappa shape index (κ1) is 22.3. The van der Waals surface area contributed by atoms with Gasteiger partial charge in [-0.2, -0.15) is 0 Å². The lowest BCUT2D eigenvalue weighted by Crippen LogP contribution is -2.40. The van der Waals surface area contributed by atoms with E-state index < -0.39 is 0 Å². The molecule has 1 saturated carbocycles. The second kappa shape index (κ2) is 9.68. The Kier molecular flexibility index (Phi) is 6.73. The van der Waals surface area contributed by atoms with Crippen molar-refractivity contribution in [1.29, 1.82) is 0 Å². The Balaban J connectivity index is 1.87. The second-order valence-electron chi connectivity index (χ2n) is 9.01. The number of rotatable bonds is 7. The predicted octanol–water partition coefficient (Wildman–Crippen LogP) is 5.57. The number of hydrogen-bond acceptors (Lipinski definition) is 3. The highest BCUT2D eigenvalue weighted by atomic mass is 16.2. The van der Waals surface area contributed by atoms with Crippen LogP contribution in [0.3, 0.4) is 0 Å². The number of hydrogen-bond donors (Lipinski definition) is 0. The molecule has 3 aromatic rings. The molecular weight excluding hydrogens is 398 g/mol. The zero-order valence-corrected chi connectivity index (χ0v) is 19.4. The molecule has 1 atom stereocenters. The fourth-order valence-corrected chi connectivity index (χ4v) is 4.82. The van der Waals surface area contributed by atoms with Crippen LogP contribution in [0.1, 0.15) is 69.8 Å². The standard InChI is InChI=1S/C27H33N3O2/c1-4-5-17-29(26(31)21-12-6-7-13-21)20(3)25-28-24-16-9-8-15-23(24)27(32)30(25)22-14-10-11-19(2)18-22/h8-11,14-16,18,20-21H,4-7,12-13,17H2,1-3H3. The van der Waals surface area contributed by atoms with E-state index in [-0.39, 0.29) is 23.4 Å². The first-order valence-corrected chi connectivity index (χ1v) is 11.9. The molecule has 4 rings (SSSR count). The zero-order chi connectivity index (χ0) is 22.7. The van der Waals surface area contributed by atoms with E-state index in [4.69, 9.17) is 4.98 Å². The molecule has 0 aliphatic heterocycles. The van der Waals surface area contributed by atoms with Crippen LogP contribution in [0.5, 0.6) is 0 Å². The van der Waals surface area contributed by atoms with Gasteiger partial charge in [-0.05, 0) is 62.9 Å². The molecule has 5 nitrogen and oxygen atoms in total. The maximum atomic E-state index is 13.6. The van der Waals surface area contributed by atoms with Crippen molar-refractivity contribution in [3.05, 3.63) is 70.3 Å². The van der Waals surface area contributed by atoms with Crippen LogP contribution >= 0.6 is 0 Å². The largest absolute Gasteiger partial charge is 0.333 e. The van der Waals surface area contributed by atoms with Crippen molar-refractivity contribution < 1.29 is 4.79 Å². The normalized spacial score (nSPS) is 15.2. The van der Waals surface area contributed by atoms with Crippen molar-refractivity contribution in [3.63, 3.8) is 0 Å². The minimum Gasteiger partial charge on any atom is -0.333 e. The highest BCUT2D eigenvalue weighted by molar-refractivity contribution is 5.80. The Morgan fingerprint density at radius 1 is 1.16 bits per heavy atom. The van der Waals surface area contributed by atoms with Crippen LogP contribution in [-0.2, 0) is 4.79 Å². The van der Waals surface area contributed by atoms with E-state index in [0.717, 1.165) is 49.8 Å². The summed E-state index contributed by atoms with van der Waals surface area (Å²) in [6, 6.07) is 15.1. The Labute approximate surface area is 190 Å². The molecule has 0 saturated heterocycles. The van der Waals surface area contributed by atoms with Crippen LogP contribution < -0.4 is 5.56 Å². The lowest BCUT2D eigenvalue weighted by molar-refractivity contribution is -0.137. The van der Waals surface area contributed by atoms with Gasteiger partial charge in [0.05, 0.1) is 22.6 Å². The average molecular weight is 432 g/mol. The summed E-state index contributed by atoms with van der Waals surface area (Å²) in [6.45, 7) is 6.86. The highest BCUT2D eigenvalue weighted by Gasteiger charge is 2.32. The van der Waals surface area contributed by atoms with Gasteiger partial charge in [0.1, 0.15) is 5.82 Å². The topological polar surface area (TPSA) is 55.2 Å². The number of aromatic nitrogens is 2. The van der Waals surface area contributed by atoms with E-state index in [1.807, 2.05) is 67.3 Å². The summed E-state index contributed by atoms with van der Waals surface area (Å²) in [6.07, 6.45) is 6.11.